The number of anilines is 1. The van der Waals surface area contributed by atoms with Crippen LogP contribution >= 0.6 is 0 Å². The van der Waals surface area contributed by atoms with E-state index in [2.05, 4.69) is 76.4 Å². The summed E-state index contributed by atoms with van der Waals surface area (Å²) in [6, 6.07) is 7.22. The first-order valence-electron chi connectivity index (χ1n) is 7.24. The molecule has 102 valence electrons. The van der Waals surface area contributed by atoms with E-state index in [1.165, 1.54) is 22.4 Å². The van der Waals surface area contributed by atoms with E-state index in [4.69, 9.17) is 0 Å². The van der Waals surface area contributed by atoms with E-state index in [-0.39, 0.29) is 0 Å². The molecule has 2 unspecified atom stereocenters. The number of hydrogen-bond donors (Lipinski definition) is 1. The van der Waals surface area contributed by atoms with Gasteiger partial charge in [-0.15, -0.1) is 0 Å². The molecule has 0 bridgehead atoms. The average molecular weight is 255 g/mol. The van der Waals surface area contributed by atoms with Crippen molar-refractivity contribution in [1.29, 1.82) is 0 Å². The lowest BCUT2D eigenvalue weighted by atomic mass is 9.93. The Morgan fingerprint density at radius 3 is 2.58 bits per heavy atom. The summed E-state index contributed by atoms with van der Waals surface area (Å²) in [6.45, 7) is 11.1. The third kappa shape index (κ3) is 3.28. The molecule has 0 saturated carbocycles. The first-order valence-corrected chi connectivity index (χ1v) is 7.24. The molecule has 1 nitrogen and oxygen atoms in total. The summed E-state index contributed by atoms with van der Waals surface area (Å²) in [4.78, 5) is 0. The van der Waals surface area contributed by atoms with Crippen molar-refractivity contribution in [3.8, 4) is 0 Å². The van der Waals surface area contributed by atoms with Crippen LogP contribution in [0.2, 0.25) is 0 Å². The Hall–Kier alpha value is -1.50. The summed E-state index contributed by atoms with van der Waals surface area (Å²) in [7, 11) is 0. The summed E-state index contributed by atoms with van der Waals surface area (Å²) in [5.74, 6) is 1.01. The fraction of sp³-hybridized carbons (Fsp3) is 0.444. The molecule has 1 aliphatic rings. The highest BCUT2D eigenvalue weighted by Gasteiger charge is 2.13. The van der Waals surface area contributed by atoms with Gasteiger partial charge in [-0.2, -0.15) is 0 Å². The number of benzene rings is 1. The highest BCUT2D eigenvalue weighted by molar-refractivity contribution is 5.58. The smallest absolute Gasteiger partial charge is 0.0419 e. The van der Waals surface area contributed by atoms with Crippen LogP contribution in [0.1, 0.15) is 57.6 Å². The second kappa shape index (κ2) is 5.64. The monoisotopic (exact) mass is 255 g/mol. The van der Waals surface area contributed by atoms with Gasteiger partial charge in [-0.25, -0.2) is 0 Å². The lowest BCUT2D eigenvalue weighted by Gasteiger charge is -2.19. The van der Waals surface area contributed by atoms with Gasteiger partial charge in [-0.05, 0) is 37.0 Å². The van der Waals surface area contributed by atoms with Gasteiger partial charge in [-0.1, -0.05) is 56.7 Å². The maximum absolute atomic E-state index is 3.63. The summed E-state index contributed by atoms with van der Waals surface area (Å²) in [5.41, 5.74) is 5.40. The Morgan fingerprint density at radius 1 is 1.16 bits per heavy atom. The fourth-order valence-corrected chi connectivity index (χ4v) is 2.58. The molecule has 0 aliphatic carbocycles. The molecule has 0 aromatic heterocycles. The molecule has 1 N–H and O–H groups in total. The van der Waals surface area contributed by atoms with E-state index in [0.29, 0.717) is 17.9 Å². The molecule has 0 radical (unpaired) electrons. The molecular weight excluding hydrogens is 230 g/mol. The quantitative estimate of drug-likeness (QED) is 0.724. The van der Waals surface area contributed by atoms with Crippen LogP contribution in [0.25, 0.3) is 0 Å². The highest BCUT2D eigenvalue weighted by Crippen LogP contribution is 2.31. The molecule has 0 amide bonds. The van der Waals surface area contributed by atoms with Gasteiger partial charge in [0.2, 0.25) is 0 Å². The minimum atomic E-state index is 0.356. The summed E-state index contributed by atoms with van der Waals surface area (Å²) in [6.07, 6.45) is 6.78. The number of fused-ring (bicyclic) bond motifs is 1. The molecule has 0 saturated heterocycles. The summed E-state index contributed by atoms with van der Waals surface area (Å²) in [5, 5.41) is 3.63. The minimum absolute atomic E-state index is 0.356. The van der Waals surface area contributed by atoms with Crippen LogP contribution in [-0.2, 0) is 0 Å². The molecule has 0 spiro atoms. The van der Waals surface area contributed by atoms with E-state index in [1.807, 2.05) is 0 Å². The maximum atomic E-state index is 3.63. The topological polar surface area (TPSA) is 12.0 Å². The predicted molar refractivity (Wildman–Crippen MR) is 84.9 cm³/mol. The Bertz CT molecular complexity index is 508. The van der Waals surface area contributed by atoms with Crippen LogP contribution in [-0.4, -0.2) is 6.04 Å². The fourth-order valence-electron chi connectivity index (χ4n) is 2.58. The Balaban J connectivity index is 2.49. The van der Waals surface area contributed by atoms with Crippen LogP contribution in [0.3, 0.4) is 0 Å². The Labute approximate surface area is 117 Å². The van der Waals surface area contributed by atoms with Crippen molar-refractivity contribution in [2.45, 2.75) is 52.5 Å². The lowest BCUT2D eigenvalue weighted by Crippen LogP contribution is -2.13. The van der Waals surface area contributed by atoms with Crippen LogP contribution in [0, 0.1) is 0 Å². The van der Waals surface area contributed by atoms with Gasteiger partial charge in [0.15, 0.2) is 0 Å². The zero-order valence-electron chi connectivity index (χ0n) is 12.7. The largest absolute Gasteiger partial charge is 0.379 e. The molecule has 2 rings (SSSR count). The SMILES string of the molecule is CC1=C/C(C)c2ccc(C(C)C)cc2NC(C)/C=C\1. The van der Waals surface area contributed by atoms with Crippen LogP contribution in [0.4, 0.5) is 5.69 Å². The van der Waals surface area contributed by atoms with Crippen molar-refractivity contribution in [2.24, 2.45) is 0 Å². The van der Waals surface area contributed by atoms with E-state index in [0.717, 1.165) is 0 Å². The number of allylic oxidation sites excluding steroid dienone is 3. The average Bonchev–Trinajstić information content (AvgIpc) is 2.39. The van der Waals surface area contributed by atoms with Gasteiger partial charge in [0.1, 0.15) is 0 Å². The molecule has 1 aliphatic heterocycles. The Morgan fingerprint density at radius 2 is 1.89 bits per heavy atom. The second-order valence-corrected chi connectivity index (χ2v) is 5.99. The second-order valence-electron chi connectivity index (χ2n) is 5.99. The molecule has 0 fully saturated rings. The van der Waals surface area contributed by atoms with Gasteiger partial charge in [0.25, 0.3) is 0 Å². The predicted octanol–water partition coefficient (Wildman–Crippen LogP) is 5.23. The van der Waals surface area contributed by atoms with Crippen molar-refractivity contribution in [3.05, 3.63) is 53.1 Å². The van der Waals surface area contributed by atoms with Crippen molar-refractivity contribution < 1.29 is 0 Å². The molecular formula is C18H25N. The highest BCUT2D eigenvalue weighted by atomic mass is 14.9. The molecule has 1 heteroatoms. The number of nitrogens with one attached hydrogen (secondary N) is 1. The third-order valence-electron chi connectivity index (χ3n) is 3.78. The summed E-state index contributed by atoms with van der Waals surface area (Å²) < 4.78 is 0. The van der Waals surface area contributed by atoms with Gasteiger partial charge < -0.3 is 5.32 Å². The van der Waals surface area contributed by atoms with Gasteiger partial charge in [0.05, 0.1) is 0 Å². The third-order valence-corrected chi connectivity index (χ3v) is 3.78. The number of hydrogen-bond acceptors (Lipinski definition) is 1. The van der Waals surface area contributed by atoms with Crippen LogP contribution in [0.5, 0.6) is 0 Å². The van der Waals surface area contributed by atoms with Crippen molar-refractivity contribution in [1.82, 2.24) is 0 Å². The van der Waals surface area contributed by atoms with E-state index in [1.54, 1.807) is 0 Å². The standard InChI is InChI=1S/C18H25N/c1-12(2)16-8-9-17-14(4)10-13(3)6-7-15(5)19-18(17)11-16/h6-12,14-15,19H,1-5H3/b7-6-,13-10-. The van der Waals surface area contributed by atoms with Gasteiger partial charge in [0, 0.05) is 17.6 Å². The van der Waals surface area contributed by atoms with Gasteiger partial charge >= 0.3 is 0 Å². The lowest BCUT2D eigenvalue weighted by molar-refractivity contribution is 0.859. The Kier molecular flexibility index (Phi) is 4.14. The summed E-state index contributed by atoms with van der Waals surface area (Å²) >= 11 is 0. The van der Waals surface area contributed by atoms with Crippen LogP contribution < -0.4 is 5.32 Å². The molecule has 2 atom stereocenters. The zero-order chi connectivity index (χ0) is 14.0. The van der Waals surface area contributed by atoms with Crippen molar-refractivity contribution in [3.63, 3.8) is 0 Å². The van der Waals surface area contributed by atoms with Gasteiger partial charge in [-0.3, -0.25) is 0 Å². The van der Waals surface area contributed by atoms with Crippen LogP contribution in [0.15, 0.2) is 42.0 Å². The van der Waals surface area contributed by atoms with E-state index >= 15 is 0 Å². The molecule has 1 aromatic rings. The van der Waals surface area contributed by atoms with E-state index < -0.39 is 0 Å². The molecule has 1 aromatic carbocycles. The zero-order valence-corrected chi connectivity index (χ0v) is 12.7. The van der Waals surface area contributed by atoms with Crippen molar-refractivity contribution in [2.75, 3.05) is 5.32 Å². The van der Waals surface area contributed by atoms with Crippen molar-refractivity contribution >= 4 is 5.69 Å². The number of rotatable bonds is 1. The first-order chi connectivity index (χ1) is 8.97. The molecule has 19 heavy (non-hydrogen) atoms. The normalized spacial score (nSPS) is 27.4. The maximum Gasteiger partial charge on any atom is 0.0419 e. The minimum Gasteiger partial charge on any atom is -0.379 e. The first kappa shape index (κ1) is 13.9. The van der Waals surface area contributed by atoms with E-state index in [9.17, 15) is 0 Å². The molecule has 1 heterocycles.